The molecule has 3 rings (SSSR count). The maximum Gasteiger partial charge on any atom is 0.256 e. The Bertz CT molecular complexity index is 827. The minimum absolute atomic E-state index is 0.229. The van der Waals surface area contributed by atoms with E-state index in [0.717, 1.165) is 16.7 Å². The Labute approximate surface area is 139 Å². The third kappa shape index (κ3) is 3.43. The molecule has 2 aromatic carbocycles. The summed E-state index contributed by atoms with van der Waals surface area (Å²) in [5.41, 5.74) is 3.68. The molecule has 0 saturated carbocycles. The van der Waals surface area contributed by atoms with Crippen molar-refractivity contribution in [2.75, 3.05) is 0 Å². The fraction of sp³-hybridized carbons (Fsp3) is 0.111. The van der Waals surface area contributed by atoms with Gasteiger partial charge >= 0.3 is 0 Å². The number of nitrogens with one attached hydrogen (secondary N) is 1. The van der Waals surface area contributed by atoms with Crippen LogP contribution in [0.4, 0.5) is 0 Å². The van der Waals surface area contributed by atoms with Gasteiger partial charge in [0.25, 0.3) is 5.91 Å². The number of halogens is 1. The van der Waals surface area contributed by atoms with E-state index in [9.17, 15) is 4.79 Å². The second-order valence-electron chi connectivity index (χ2n) is 5.22. The molecule has 4 nitrogen and oxygen atoms in total. The molecule has 0 aliphatic carbocycles. The third-order valence-corrected chi connectivity index (χ3v) is 4.05. The van der Waals surface area contributed by atoms with Crippen molar-refractivity contribution in [2.45, 2.75) is 6.54 Å². The van der Waals surface area contributed by atoms with Crippen LogP contribution >= 0.6 is 11.6 Å². The molecule has 5 heteroatoms. The van der Waals surface area contributed by atoms with Gasteiger partial charge in [0, 0.05) is 13.6 Å². The number of aromatic nitrogens is 2. The molecular weight excluding hydrogens is 310 g/mol. The number of carbonyl (C=O) groups excluding carboxylic acids is 1. The number of benzene rings is 2. The van der Waals surface area contributed by atoms with E-state index < -0.39 is 0 Å². The van der Waals surface area contributed by atoms with E-state index in [1.807, 2.05) is 30.3 Å². The highest BCUT2D eigenvalue weighted by Gasteiger charge is 2.13. The summed E-state index contributed by atoms with van der Waals surface area (Å²) in [4.78, 5) is 12.2. The highest BCUT2D eigenvalue weighted by Crippen LogP contribution is 2.20. The van der Waals surface area contributed by atoms with Gasteiger partial charge in [-0.15, -0.1) is 0 Å². The average molecular weight is 326 g/mol. The first-order valence-corrected chi connectivity index (χ1v) is 7.63. The van der Waals surface area contributed by atoms with Crippen LogP contribution in [0.3, 0.4) is 0 Å². The number of rotatable bonds is 4. The molecule has 3 aromatic rings. The van der Waals surface area contributed by atoms with Gasteiger partial charge in [-0.05, 0) is 22.8 Å². The van der Waals surface area contributed by atoms with Crippen molar-refractivity contribution in [2.24, 2.45) is 7.05 Å². The van der Waals surface area contributed by atoms with Gasteiger partial charge in [0.15, 0.2) is 0 Å². The van der Waals surface area contributed by atoms with Crippen LogP contribution in [0.1, 0.15) is 15.9 Å². The topological polar surface area (TPSA) is 46.9 Å². The van der Waals surface area contributed by atoms with Crippen LogP contribution in [0.5, 0.6) is 0 Å². The molecular formula is C18H16ClN3O. The second kappa shape index (κ2) is 6.67. The lowest BCUT2D eigenvalue weighted by atomic mass is 10.0. The Balaban J connectivity index is 1.72. The minimum Gasteiger partial charge on any atom is -0.348 e. The van der Waals surface area contributed by atoms with Crippen LogP contribution in [0.25, 0.3) is 11.1 Å². The summed E-state index contributed by atoms with van der Waals surface area (Å²) < 4.78 is 1.46. The quantitative estimate of drug-likeness (QED) is 0.795. The van der Waals surface area contributed by atoms with Crippen LogP contribution in [0.15, 0.2) is 60.8 Å². The highest BCUT2D eigenvalue weighted by molar-refractivity contribution is 6.32. The number of nitrogens with zero attached hydrogens (tertiary/aromatic N) is 2. The molecule has 1 amide bonds. The zero-order valence-electron chi connectivity index (χ0n) is 12.7. The fourth-order valence-corrected chi connectivity index (χ4v) is 2.52. The predicted molar refractivity (Wildman–Crippen MR) is 91.3 cm³/mol. The maximum atomic E-state index is 12.2. The van der Waals surface area contributed by atoms with Crippen molar-refractivity contribution in [3.8, 4) is 11.1 Å². The summed E-state index contributed by atoms with van der Waals surface area (Å²) in [6, 6.07) is 18.2. The molecule has 0 saturated heterocycles. The molecule has 0 spiro atoms. The molecule has 0 bridgehead atoms. The van der Waals surface area contributed by atoms with Gasteiger partial charge < -0.3 is 5.32 Å². The Morgan fingerprint density at radius 1 is 1.13 bits per heavy atom. The van der Waals surface area contributed by atoms with Crippen molar-refractivity contribution in [1.82, 2.24) is 15.1 Å². The van der Waals surface area contributed by atoms with Gasteiger partial charge in [0.05, 0.1) is 11.8 Å². The number of hydrogen-bond donors (Lipinski definition) is 1. The standard InChI is InChI=1S/C18H16ClN3O/c1-22-17(19)16(12-21-22)18(23)20-11-13-6-5-9-15(10-13)14-7-3-2-4-8-14/h2-10,12H,11H2,1H3,(H,20,23). The molecule has 0 fully saturated rings. The van der Waals surface area contributed by atoms with E-state index in [4.69, 9.17) is 11.6 Å². The van der Waals surface area contributed by atoms with Gasteiger partial charge in [0.1, 0.15) is 5.15 Å². The first-order chi connectivity index (χ1) is 11.1. The first kappa shape index (κ1) is 15.3. The number of aryl methyl sites for hydroxylation is 1. The van der Waals surface area contributed by atoms with E-state index in [2.05, 4.69) is 34.7 Å². The van der Waals surface area contributed by atoms with E-state index in [0.29, 0.717) is 17.3 Å². The van der Waals surface area contributed by atoms with Crippen LogP contribution in [-0.2, 0) is 13.6 Å². The smallest absolute Gasteiger partial charge is 0.256 e. The van der Waals surface area contributed by atoms with Crippen LogP contribution in [0.2, 0.25) is 5.15 Å². The average Bonchev–Trinajstić information content (AvgIpc) is 2.93. The summed E-state index contributed by atoms with van der Waals surface area (Å²) in [5.74, 6) is -0.229. The predicted octanol–water partition coefficient (Wildman–Crippen LogP) is 3.67. The van der Waals surface area contributed by atoms with Crippen LogP contribution in [0, 0.1) is 0 Å². The summed E-state index contributed by atoms with van der Waals surface area (Å²) in [6.07, 6.45) is 1.47. The van der Waals surface area contributed by atoms with E-state index in [1.54, 1.807) is 7.05 Å². The number of amides is 1. The summed E-state index contributed by atoms with van der Waals surface area (Å²) >= 11 is 6.03. The zero-order valence-corrected chi connectivity index (χ0v) is 13.4. The first-order valence-electron chi connectivity index (χ1n) is 7.25. The van der Waals surface area contributed by atoms with Gasteiger partial charge in [-0.3, -0.25) is 9.48 Å². The second-order valence-corrected chi connectivity index (χ2v) is 5.58. The molecule has 116 valence electrons. The molecule has 1 aromatic heterocycles. The van der Waals surface area contributed by atoms with Crippen molar-refractivity contribution >= 4 is 17.5 Å². The molecule has 0 unspecified atom stereocenters. The van der Waals surface area contributed by atoms with Gasteiger partial charge in [0.2, 0.25) is 0 Å². The summed E-state index contributed by atoms with van der Waals surface area (Å²) in [7, 11) is 1.70. The third-order valence-electron chi connectivity index (χ3n) is 3.60. The number of carbonyl (C=O) groups is 1. The molecule has 0 radical (unpaired) electrons. The lowest BCUT2D eigenvalue weighted by Crippen LogP contribution is -2.22. The number of hydrogen-bond acceptors (Lipinski definition) is 2. The van der Waals surface area contributed by atoms with Crippen molar-refractivity contribution in [3.05, 3.63) is 77.1 Å². The van der Waals surface area contributed by atoms with Gasteiger partial charge in [-0.25, -0.2) is 0 Å². The molecule has 0 aliphatic rings. The van der Waals surface area contributed by atoms with E-state index in [1.165, 1.54) is 10.9 Å². The van der Waals surface area contributed by atoms with Crippen LogP contribution in [-0.4, -0.2) is 15.7 Å². The van der Waals surface area contributed by atoms with Crippen molar-refractivity contribution < 1.29 is 4.79 Å². The van der Waals surface area contributed by atoms with Crippen LogP contribution < -0.4 is 5.32 Å². The SMILES string of the molecule is Cn1ncc(C(=O)NCc2cccc(-c3ccccc3)c2)c1Cl. The van der Waals surface area contributed by atoms with Crippen molar-refractivity contribution in [3.63, 3.8) is 0 Å². The van der Waals surface area contributed by atoms with E-state index in [-0.39, 0.29) is 5.91 Å². The molecule has 0 aliphatic heterocycles. The fourth-order valence-electron chi connectivity index (χ4n) is 2.34. The van der Waals surface area contributed by atoms with Gasteiger partial charge in [-0.2, -0.15) is 5.10 Å². The maximum absolute atomic E-state index is 12.2. The Hall–Kier alpha value is -2.59. The Morgan fingerprint density at radius 2 is 1.87 bits per heavy atom. The van der Waals surface area contributed by atoms with E-state index >= 15 is 0 Å². The lowest BCUT2D eigenvalue weighted by Gasteiger charge is -2.07. The highest BCUT2D eigenvalue weighted by atomic mass is 35.5. The van der Waals surface area contributed by atoms with Gasteiger partial charge in [-0.1, -0.05) is 60.1 Å². The molecule has 1 N–H and O–H groups in total. The zero-order chi connectivity index (χ0) is 16.2. The Kier molecular flexibility index (Phi) is 4.44. The summed E-state index contributed by atoms with van der Waals surface area (Å²) in [5, 5.41) is 7.18. The summed E-state index contributed by atoms with van der Waals surface area (Å²) in [6.45, 7) is 0.435. The monoisotopic (exact) mass is 325 g/mol. The lowest BCUT2D eigenvalue weighted by molar-refractivity contribution is 0.0951. The molecule has 1 heterocycles. The molecule has 0 atom stereocenters. The minimum atomic E-state index is -0.229. The molecule has 23 heavy (non-hydrogen) atoms. The Morgan fingerprint density at radius 3 is 2.57 bits per heavy atom. The van der Waals surface area contributed by atoms with Crippen molar-refractivity contribution in [1.29, 1.82) is 0 Å². The largest absolute Gasteiger partial charge is 0.348 e. The normalized spacial score (nSPS) is 10.5.